The Balaban J connectivity index is 1.43. The van der Waals surface area contributed by atoms with Gasteiger partial charge in [-0.1, -0.05) is 23.4 Å². The number of amides is 1. The smallest absolute Gasteiger partial charge is 0.259 e. The first-order valence-electron chi connectivity index (χ1n) is 10.6. The van der Waals surface area contributed by atoms with E-state index in [1.165, 1.54) is 10.6 Å². The van der Waals surface area contributed by atoms with Gasteiger partial charge in [0.25, 0.3) is 11.4 Å². The van der Waals surface area contributed by atoms with Gasteiger partial charge in [0, 0.05) is 42.0 Å². The highest BCUT2D eigenvalue weighted by Crippen LogP contribution is 2.27. The van der Waals surface area contributed by atoms with Gasteiger partial charge in [0.05, 0.1) is 11.1 Å². The van der Waals surface area contributed by atoms with Crippen molar-refractivity contribution in [2.45, 2.75) is 13.1 Å². The molecule has 35 heavy (non-hydrogen) atoms. The zero-order valence-electron chi connectivity index (χ0n) is 18.1. The molecule has 0 radical (unpaired) electrons. The number of pyridine rings is 2. The summed E-state index contributed by atoms with van der Waals surface area (Å²) in [5.41, 5.74) is 1.46. The number of para-hydroxylation sites is 1. The van der Waals surface area contributed by atoms with E-state index in [0.29, 0.717) is 27.9 Å². The Labute approximate surface area is 196 Å². The van der Waals surface area contributed by atoms with Gasteiger partial charge in [0.1, 0.15) is 18.2 Å². The number of nitrogens with zero attached hydrogens (tertiary/aromatic N) is 4. The molecule has 1 N–H and O–H groups in total. The first-order valence-corrected chi connectivity index (χ1v) is 10.6. The number of nitrogens with one attached hydrogen (secondary N) is 1. The number of carbonyl (C=O) groups excluding carboxylic acids is 1. The third kappa shape index (κ3) is 4.67. The van der Waals surface area contributed by atoms with E-state index in [9.17, 15) is 18.4 Å². The summed E-state index contributed by atoms with van der Waals surface area (Å²) >= 11 is 0. The van der Waals surface area contributed by atoms with Gasteiger partial charge in [-0.2, -0.15) is 4.98 Å². The van der Waals surface area contributed by atoms with Crippen LogP contribution in [0.25, 0.3) is 33.7 Å². The summed E-state index contributed by atoms with van der Waals surface area (Å²) in [7, 11) is 0. The summed E-state index contributed by atoms with van der Waals surface area (Å²) in [5.74, 6) is -1.45. The first kappa shape index (κ1) is 22.1. The van der Waals surface area contributed by atoms with Crippen LogP contribution in [0.4, 0.5) is 8.78 Å². The standard InChI is InChI=1S/C25H17F2N5O3/c26-17-9-15(10-18(27)11-17)13-29-22(33)14-32-21-4-2-1-3-19(21)20(12-23(32)34)25-30-24(31-35-25)16-5-7-28-8-6-16/h1-12H,13-14H2,(H,29,33). The van der Waals surface area contributed by atoms with E-state index >= 15 is 0 Å². The van der Waals surface area contributed by atoms with Crippen LogP contribution in [-0.2, 0) is 17.9 Å². The van der Waals surface area contributed by atoms with Gasteiger partial charge < -0.3 is 9.84 Å². The summed E-state index contributed by atoms with van der Waals surface area (Å²) in [4.78, 5) is 33.9. The molecule has 0 unspecified atom stereocenters. The predicted octanol–water partition coefficient (Wildman–Crippen LogP) is 3.71. The van der Waals surface area contributed by atoms with Crippen molar-refractivity contribution in [3.63, 3.8) is 0 Å². The van der Waals surface area contributed by atoms with Gasteiger partial charge in [0.15, 0.2) is 0 Å². The molecule has 0 aliphatic heterocycles. The lowest BCUT2D eigenvalue weighted by atomic mass is 10.1. The van der Waals surface area contributed by atoms with Gasteiger partial charge in [0.2, 0.25) is 11.7 Å². The van der Waals surface area contributed by atoms with Crippen LogP contribution in [0.3, 0.4) is 0 Å². The lowest BCUT2D eigenvalue weighted by Gasteiger charge is -2.12. The molecular formula is C25H17F2N5O3. The molecular weight excluding hydrogens is 456 g/mol. The highest BCUT2D eigenvalue weighted by molar-refractivity contribution is 5.93. The van der Waals surface area contributed by atoms with Crippen molar-refractivity contribution in [2.24, 2.45) is 0 Å². The number of hydrogen-bond donors (Lipinski definition) is 1. The molecule has 0 bridgehead atoms. The van der Waals surface area contributed by atoms with Gasteiger partial charge >= 0.3 is 0 Å². The Kier molecular flexibility index (Phi) is 5.84. The minimum Gasteiger partial charge on any atom is -0.350 e. The molecule has 0 saturated heterocycles. The van der Waals surface area contributed by atoms with Gasteiger partial charge in [-0.05, 0) is 35.9 Å². The second-order valence-electron chi connectivity index (χ2n) is 7.71. The average Bonchev–Trinajstić information content (AvgIpc) is 3.34. The van der Waals surface area contributed by atoms with Crippen LogP contribution in [0.1, 0.15) is 5.56 Å². The zero-order chi connectivity index (χ0) is 24.4. The van der Waals surface area contributed by atoms with Gasteiger partial charge in [-0.15, -0.1) is 0 Å². The van der Waals surface area contributed by atoms with E-state index in [-0.39, 0.29) is 24.5 Å². The SMILES string of the molecule is O=C(Cn1c(=O)cc(-c2nc(-c3ccncc3)no2)c2ccccc21)NCc1cc(F)cc(F)c1. The summed E-state index contributed by atoms with van der Waals surface area (Å²) in [6.07, 6.45) is 3.22. The first-order chi connectivity index (χ1) is 17.0. The molecule has 0 aliphatic carbocycles. The molecule has 5 rings (SSSR count). The lowest BCUT2D eigenvalue weighted by Crippen LogP contribution is -2.32. The Morgan fingerprint density at radius 2 is 1.74 bits per heavy atom. The molecule has 174 valence electrons. The summed E-state index contributed by atoms with van der Waals surface area (Å²) < 4.78 is 33.5. The van der Waals surface area contributed by atoms with Crippen LogP contribution in [0.2, 0.25) is 0 Å². The van der Waals surface area contributed by atoms with Crippen LogP contribution >= 0.6 is 0 Å². The maximum absolute atomic E-state index is 13.4. The Bertz CT molecular complexity index is 1580. The summed E-state index contributed by atoms with van der Waals surface area (Å²) in [6.45, 7) is -0.373. The van der Waals surface area contributed by atoms with Gasteiger partial charge in [-0.3, -0.25) is 19.1 Å². The minimum atomic E-state index is -0.736. The average molecular weight is 473 g/mol. The van der Waals surface area contributed by atoms with E-state index in [2.05, 4.69) is 20.4 Å². The quantitative estimate of drug-likeness (QED) is 0.403. The molecule has 2 aromatic carbocycles. The van der Waals surface area contributed by atoms with Crippen molar-refractivity contribution in [2.75, 3.05) is 0 Å². The predicted molar refractivity (Wildman–Crippen MR) is 123 cm³/mol. The highest BCUT2D eigenvalue weighted by atomic mass is 19.1. The molecule has 8 nitrogen and oxygen atoms in total. The third-order valence-electron chi connectivity index (χ3n) is 5.33. The van der Waals surface area contributed by atoms with Crippen LogP contribution < -0.4 is 10.9 Å². The fourth-order valence-corrected chi connectivity index (χ4v) is 3.74. The maximum Gasteiger partial charge on any atom is 0.259 e. The zero-order valence-corrected chi connectivity index (χ0v) is 18.1. The molecule has 10 heteroatoms. The largest absolute Gasteiger partial charge is 0.350 e. The molecule has 5 aromatic rings. The molecule has 3 heterocycles. The Morgan fingerprint density at radius 1 is 1.00 bits per heavy atom. The highest BCUT2D eigenvalue weighted by Gasteiger charge is 2.18. The fraction of sp³-hybridized carbons (Fsp3) is 0.0800. The van der Waals surface area contributed by atoms with Gasteiger partial charge in [-0.25, -0.2) is 8.78 Å². The van der Waals surface area contributed by atoms with E-state index in [4.69, 9.17) is 4.52 Å². The fourth-order valence-electron chi connectivity index (χ4n) is 3.74. The topological polar surface area (TPSA) is 103 Å². The van der Waals surface area contributed by atoms with E-state index in [1.54, 1.807) is 48.8 Å². The number of hydrogen-bond acceptors (Lipinski definition) is 6. The molecule has 1 amide bonds. The number of rotatable bonds is 6. The Hall–Kier alpha value is -4.73. The second kappa shape index (κ2) is 9.26. The molecule has 0 atom stereocenters. The summed E-state index contributed by atoms with van der Waals surface area (Å²) in [6, 6.07) is 14.8. The van der Waals surface area contributed by atoms with Crippen molar-refractivity contribution >= 4 is 16.8 Å². The van der Waals surface area contributed by atoms with Crippen molar-refractivity contribution in [1.29, 1.82) is 0 Å². The second-order valence-corrected chi connectivity index (χ2v) is 7.71. The van der Waals surface area contributed by atoms with Crippen LogP contribution in [0, 0.1) is 11.6 Å². The molecule has 3 aromatic heterocycles. The monoisotopic (exact) mass is 473 g/mol. The number of halogens is 2. The van der Waals surface area contributed by atoms with Crippen LogP contribution in [0.15, 0.2) is 82.4 Å². The Morgan fingerprint density at radius 3 is 2.51 bits per heavy atom. The lowest BCUT2D eigenvalue weighted by molar-refractivity contribution is -0.121. The van der Waals surface area contributed by atoms with E-state index in [1.807, 2.05) is 0 Å². The molecule has 0 spiro atoms. The van der Waals surface area contributed by atoms with Crippen molar-refractivity contribution in [3.8, 4) is 22.8 Å². The van der Waals surface area contributed by atoms with Crippen molar-refractivity contribution in [3.05, 3.63) is 101 Å². The van der Waals surface area contributed by atoms with E-state index in [0.717, 1.165) is 18.2 Å². The number of aromatic nitrogens is 4. The number of carbonyl (C=O) groups is 1. The van der Waals surface area contributed by atoms with E-state index < -0.39 is 23.1 Å². The maximum atomic E-state index is 13.4. The number of benzene rings is 2. The normalized spacial score (nSPS) is 11.0. The number of fused-ring (bicyclic) bond motifs is 1. The third-order valence-corrected chi connectivity index (χ3v) is 5.33. The molecule has 0 fully saturated rings. The minimum absolute atomic E-state index is 0.0853. The van der Waals surface area contributed by atoms with Crippen molar-refractivity contribution < 1.29 is 18.1 Å². The molecule has 0 aliphatic rings. The molecule has 0 saturated carbocycles. The summed E-state index contributed by atoms with van der Waals surface area (Å²) in [5, 5.41) is 7.22. The van der Waals surface area contributed by atoms with Crippen LogP contribution in [0.5, 0.6) is 0 Å². The van der Waals surface area contributed by atoms with Crippen molar-refractivity contribution in [1.82, 2.24) is 25.0 Å². The van der Waals surface area contributed by atoms with Crippen LogP contribution in [-0.4, -0.2) is 25.6 Å².